The van der Waals surface area contributed by atoms with Gasteiger partial charge >= 0.3 is 5.97 Å². The lowest BCUT2D eigenvalue weighted by Crippen LogP contribution is -2.56. The van der Waals surface area contributed by atoms with E-state index in [0.717, 1.165) is 11.1 Å². The smallest absolute Gasteiger partial charge is 0.334 e. The van der Waals surface area contributed by atoms with E-state index in [4.69, 9.17) is 15.2 Å². The molecule has 4 rings (SSSR count). The van der Waals surface area contributed by atoms with E-state index in [-0.39, 0.29) is 25.6 Å². The largest absolute Gasteiger partial charge is 0.459 e. The van der Waals surface area contributed by atoms with Crippen molar-refractivity contribution < 1.29 is 23.9 Å². The van der Waals surface area contributed by atoms with E-state index in [1.165, 1.54) is 12.5 Å². The number of esters is 1. The van der Waals surface area contributed by atoms with E-state index >= 15 is 0 Å². The zero-order valence-corrected chi connectivity index (χ0v) is 23.6. The first kappa shape index (κ1) is 30.2. The fraction of sp³-hybridized carbons (Fsp3) is 0.250. The van der Waals surface area contributed by atoms with E-state index in [1.807, 2.05) is 91.0 Å². The molecule has 2 amide bonds. The molecule has 0 saturated heterocycles. The number of rotatable bonds is 13. The standard InChI is InChI=1S/C32H35N5O5/c1-32(2,33)31(40)35-26(21-41-19-23-12-6-3-7-13-23)29(38)36-27-18-37(22-34-27)28(25-16-10-5-11-17-25)30(39)42-20-24-14-8-4-9-15-24/h3-18,22,26,28H,19-21,33H2,1-2H3,(H,35,40)(H,36,38)/t26-,28?/m1/s1. The van der Waals surface area contributed by atoms with Gasteiger partial charge in [0.2, 0.25) is 5.91 Å². The van der Waals surface area contributed by atoms with Crippen molar-refractivity contribution in [3.8, 4) is 0 Å². The normalized spacial score (nSPS) is 12.6. The predicted molar refractivity (Wildman–Crippen MR) is 158 cm³/mol. The van der Waals surface area contributed by atoms with Crippen LogP contribution in [-0.4, -0.2) is 45.5 Å². The summed E-state index contributed by atoms with van der Waals surface area (Å²) in [4.78, 5) is 43.4. The SMILES string of the molecule is CC(C)(N)C(=O)N[C@H](COCc1ccccc1)C(=O)Nc1cn(C(C(=O)OCc2ccccc2)c2ccccc2)cn1. The van der Waals surface area contributed by atoms with E-state index in [1.54, 1.807) is 18.4 Å². The summed E-state index contributed by atoms with van der Waals surface area (Å²) >= 11 is 0. The number of carbonyl (C=O) groups excluding carboxylic acids is 3. The topological polar surface area (TPSA) is 138 Å². The van der Waals surface area contributed by atoms with Gasteiger partial charge in [-0.2, -0.15) is 0 Å². The summed E-state index contributed by atoms with van der Waals surface area (Å²) in [6, 6.07) is 26.1. The number of anilines is 1. The molecule has 0 bridgehead atoms. The molecule has 10 heteroatoms. The minimum Gasteiger partial charge on any atom is -0.459 e. The molecule has 4 N–H and O–H groups in total. The molecule has 3 aromatic carbocycles. The molecule has 42 heavy (non-hydrogen) atoms. The van der Waals surface area contributed by atoms with Gasteiger partial charge in [0.15, 0.2) is 11.9 Å². The van der Waals surface area contributed by atoms with Crippen LogP contribution in [-0.2, 0) is 37.1 Å². The number of hydrogen-bond donors (Lipinski definition) is 3. The first-order valence-corrected chi connectivity index (χ1v) is 13.5. The molecule has 4 aromatic rings. The van der Waals surface area contributed by atoms with Gasteiger partial charge in [0.05, 0.1) is 25.1 Å². The fourth-order valence-corrected chi connectivity index (χ4v) is 4.02. The van der Waals surface area contributed by atoms with E-state index in [0.29, 0.717) is 5.56 Å². The highest BCUT2D eigenvalue weighted by molar-refractivity contribution is 5.98. The van der Waals surface area contributed by atoms with Crippen LogP contribution < -0.4 is 16.4 Å². The molecular formula is C32H35N5O5. The predicted octanol–water partition coefficient (Wildman–Crippen LogP) is 3.59. The molecule has 1 aromatic heterocycles. The highest BCUT2D eigenvalue weighted by Gasteiger charge is 2.29. The number of nitrogens with zero attached hydrogens (tertiary/aromatic N) is 2. The maximum atomic E-state index is 13.3. The number of imidazole rings is 1. The zero-order chi connectivity index (χ0) is 30.0. The number of amides is 2. The van der Waals surface area contributed by atoms with Crippen molar-refractivity contribution in [2.24, 2.45) is 5.73 Å². The van der Waals surface area contributed by atoms with E-state index in [2.05, 4.69) is 15.6 Å². The molecule has 218 valence electrons. The quantitative estimate of drug-likeness (QED) is 0.209. The van der Waals surface area contributed by atoms with Gasteiger partial charge < -0.3 is 30.4 Å². The first-order chi connectivity index (χ1) is 20.2. The van der Waals surface area contributed by atoms with Crippen LogP contribution in [0.1, 0.15) is 36.6 Å². The number of nitrogens with two attached hydrogens (primary N) is 1. The Morgan fingerprint density at radius 2 is 1.45 bits per heavy atom. The van der Waals surface area contributed by atoms with Crippen molar-refractivity contribution in [3.05, 3.63) is 120 Å². The van der Waals surface area contributed by atoms with Crippen molar-refractivity contribution in [1.29, 1.82) is 0 Å². The Hall–Kier alpha value is -4.80. The van der Waals surface area contributed by atoms with E-state index < -0.39 is 35.4 Å². The second-order valence-corrected chi connectivity index (χ2v) is 10.4. The van der Waals surface area contributed by atoms with E-state index in [9.17, 15) is 14.4 Å². The van der Waals surface area contributed by atoms with Gasteiger partial charge in [0.25, 0.3) is 5.91 Å². The maximum Gasteiger partial charge on any atom is 0.334 e. The average molecular weight is 570 g/mol. The third kappa shape index (κ3) is 8.60. The summed E-state index contributed by atoms with van der Waals surface area (Å²) in [6.45, 7) is 3.37. The van der Waals surface area contributed by atoms with Crippen LogP contribution in [0.4, 0.5) is 5.82 Å². The molecule has 0 radical (unpaired) electrons. The molecule has 0 aliphatic rings. The van der Waals surface area contributed by atoms with Gasteiger partial charge in [-0.3, -0.25) is 9.59 Å². The Morgan fingerprint density at radius 1 is 0.881 bits per heavy atom. The first-order valence-electron chi connectivity index (χ1n) is 13.5. The zero-order valence-electron chi connectivity index (χ0n) is 23.6. The Balaban J connectivity index is 1.47. The van der Waals surface area contributed by atoms with Gasteiger partial charge in [-0.1, -0.05) is 91.0 Å². The number of aromatic nitrogens is 2. The number of benzene rings is 3. The molecule has 0 aliphatic carbocycles. The van der Waals surface area contributed by atoms with Crippen molar-refractivity contribution in [1.82, 2.24) is 14.9 Å². The number of carbonyl (C=O) groups is 3. The van der Waals surface area contributed by atoms with Crippen molar-refractivity contribution in [3.63, 3.8) is 0 Å². The summed E-state index contributed by atoms with van der Waals surface area (Å²) in [6.07, 6.45) is 2.98. The third-order valence-corrected chi connectivity index (χ3v) is 6.32. The summed E-state index contributed by atoms with van der Waals surface area (Å²) in [7, 11) is 0. The van der Waals surface area contributed by atoms with Crippen molar-refractivity contribution in [2.45, 2.75) is 44.7 Å². The maximum absolute atomic E-state index is 13.3. The summed E-state index contributed by atoms with van der Waals surface area (Å²) < 4.78 is 13.0. The van der Waals surface area contributed by atoms with Gasteiger partial charge in [0.1, 0.15) is 12.6 Å². The van der Waals surface area contributed by atoms with Crippen LogP contribution in [0.2, 0.25) is 0 Å². The van der Waals surface area contributed by atoms with Crippen LogP contribution in [0.5, 0.6) is 0 Å². The third-order valence-electron chi connectivity index (χ3n) is 6.32. The van der Waals surface area contributed by atoms with Crippen LogP contribution in [0, 0.1) is 0 Å². The van der Waals surface area contributed by atoms with Gasteiger partial charge in [0, 0.05) is 6.20 Å². The second-order valence-electron chi connectivity index (χ2n) is 10.4. The van der Waals surface area contributed by atoms with Crippen LogP contribution in [0.3, 0.4) is 0 Å². The lowest BCUT2D eigenvalue weighted by Gasteiger charge is -2.23. The molecule has 2 atom stereocenters. The molecule has 1 unspecified atom stereocenters. The minimum atomic E-state index is -1.21. The van der Waals surface area contributed by atoms with Crippen LogP contribution >= 0.6 is 0 Å². The lowest BCUT2D eigenvalue weighted by atomic mass is 10.1. The summed E-state index contributed by atoms with van der Waals surface area (Å²) in [5.41, 5.74) is 7.21. The Bertz CT molecular complexity index is 1450. The lowest BCUT2D eigenvalue weighted by molar-refractivity contribution is -0.147. The minimum absolute atomic E-state index is 0.0955. The van der Waals surface area contributed by atoms with Crippen LogP contribution in [0.15, 0.2) is 104 Å². The Kier molecular flexibility index (Phi) is 10.2. The van der Waals surface area contributed by atoms with Gasteiger partial charge in [-0.05, 0) is 30.5 Å². The molecule has 0 fully saturated rings. The van der Waals surface area contributed by atoms with Crippen LogP contribution in [0.25, 0.3) is 0 Å². The number of hydrogen-bond acceptors (Lipinski definition) is 7. The highest BCUT2D eigenvalue weighted by atomic mass is 16.5. The van der Waals surface area contributed by atoms with Crippen molar-refractivity contribution >= 4 is 23.6 Å². The Morgan fingerprint density at radius 3 is 2.05 bits per heavy atom. The second kappa shape index (κ2) is 14.2. The monoisotopic (exact) mass is 569 g/mol. The summed E-state index contributed by atoms with van der Waals surface area (Å²) in [5, 5.41) is 5.37. The molecule has 0 spiro atoms. The highest BCUT2D eigenvalue weighted by Crippen LogP contribution is 2.22. The fourth-order valence-electron chi connectivity index (χ4n) is 4.02. The molecule has 0 saturated carbocycles. The van der Waals surface area contributed by atoms with Gasteiger partial charge in [-0.15, -0.1) is 0 Å². The number of nitrogens with one attached hydrogen (secondary N) is 2. The number of ether oxygens (including phenoxy) is 2. The molecular weight excluding hydrogens is 534 g/mol. The van der Waals surface area contributed by atoms with Gasteiger partial charge in [-0.25, -0.2) is 9.78 Å². The molecule has 0 aliphatic heterocycles. The molecule has 1 heterocycles. The average Bonchev–Trinajstić information content (AvgIpc) is 3.44. The summed E-state index contributed by atoms with van der Waals surface area (Å²) in [5.74, 6) is -1.35. The Labute approximate surface area is 244 Å². The molecule has 10 nitrogen and oxygen atoms in total. The van der Waals surface area contributed by atoms with Crippen molar-refractivity contribution in [2.75, 3.05) is 11.9 Å².